The van der Waals surface area contributed by atoms with Crippen molar-refractivity contribution in [3.63, 3.8) is 0 Å². The highest BCUT2D eigenvalue weighted by molar-refractivity contribution is 7.15. The Hall–Kier alpha value is -1.39. The second kappa shape index (κ2) is 5.50. The van der Waals surface area contributed by atoms with Crippen molar-refractivity contribution in [3.05, 3.63) is 34.8 Å². The Balaban J connectivity index is 2.28. The summed E-state index contributed by atoms with van der Waals surface area (Å²) in [6, 6.07) is 8.53. The van der Waals surface area contributed by atoms with E-state index < -0.39 is 0 Å². The van der Waals surface area contributed by atoms with Gasteiger partial charge in [0, 0.05) is 36.8 Å². The first-order valence-electron chi connectivity index (χ1n) is 6.00. The number of benzene rings is 1. The van der Waals surface area contributed by atoms with E-state index in [1.807, 2.05) is 21.1 Å². The van der Waals surface area contributed by atoms with Gasteiger partial charge in [-0.05, 0) is 38.2 Å². The summed E-state index contributed by atoms with van der Waals surface area (Å²) in [7, 11) is 6.05. The van der Waals surface area contributed by atoms with Gasteiger partial charge in [-0.1, -0.05) is 0 Å². The Morgan fingerprint density at radius 1 is 1.22 bits per heavy atom. The normalized spacial score (nSPS) is 10.7. The molecule has 1 aromatic carbocycles. The SMILES string of the molecule is CNCc1nc(-c2ccc(N(C)C)cc2)sc1C. The number of nitrogens with one attached hydrogen (secondary N) is 1. The van der Waals surface area contributed by atoms with E-state index in [0.29, 0.717) is 0 Å². The summed E-state index contributed by atoms with van der Waals surface area (Å²) in [6.07, 6.45) is 0. The summed E-state index contributed by atoms with van der Waals surface area (Å²) in [6.45, 7) is 2.96. The van der Waals surface area contributed by atoms with Gasteiger partial charge in [0.25, 0.3) is 0 Å². The highest BCUT2D eigenvalue weighted by Crippen LogP contribution is 2.28. The predicted molar refractivity (Wildman–Crippen MR) is 79.4 cm³/mol. The molecule has 18 heavy (non-hydrogen) atoms. The summed E-state index contributed by atoms with van der Waals surface area (Å²) in [4.78, 5) is 8.08. The van der Waals surface area contributed by atoms with Gasteiger partial charge in [-0.3, -0.25) is 0 Å². The Morgan fingerprint density at radius 2 is 1.89 bits per heavy atom. The highest BCUT2D eigenvalue weighted by atomic mass is 32.1. The molecular weight excluding hydrogens is 242 g/mol. The molecule has 0 saturated heterocycles. The zero-order chi connectivity index (χ0) is 13.1. The van der Waals surface area contributed by atoms with Gasteiger partial charge < -0.3 is 10.2 Å². The molecule has 96 valence electrons. The van der Waals surface area contributed by atoms with E-state index in [9.17, 15) is 0 Å². The second-order valence-corrected chi connectivity index (χ2v) is 5.70. The Morgan fingerprint density at radius 3 is 2.44 bits per heavy atom. The lowest BCUT2D eigenvalue weighted by atomic mass is 10.2. The van der Waals surface area contributed by atoms with E-state index >= 15 is 0 Å². The fourth-order valence-corrected chi connectivity index (χ4v) is 2.72. The number of aryl methyl sites for hydroxylation is 1. The monoisotopic (exact) mass is 261 g/mol. The lowest BCUT2D eigenvalue weighted by Crippen LogP contribution is -2.07. The van der Waals surface area contributed by atoms with E-state index in [4.69, 9.17) is 0 Å². The third-order valence-corrected chi connectivity index (χ3v) is 3.93. The standard InChI is InChI=1S/C14H19N3S/c1-10-13(9-15-2)16-14(18-10)11-5-7-12(8-6-11)17(3)4/h5-8,15H,9H2,1-4H3. The second-order valence-electron chi connectivity index (χ2n) is 4.49. The molecule has 2 aromatic rings. The van der Waals surface area contributed by atoms with Gasteiger partial charge in [-0.25, -0.2) is 4.98 Å². The van der Waals surface area contributed by atoms with Gasteiger partial charge >= 0.3 is 0 Å². The van der Waals surface area contributed by atoms with Crippen LogP contribution < -0.4 is 10.2 Å². The molecule has 0 spiro atoms. The molecule has 4 heteroatoms. The summed E-state index contributed by atoms with van der Waals surface area (Å²) < 4.78 is 0. The van der Waals surface area contributed by atoms with Crippen molar-refractivity contribution in [1.82, 2.24) is 10.3 Å². The lowest BCUT2D eigenvalue weighted by Gasteiger charge is -2.11. The Labute approximate surface area is 112 Å². The first-order valence-corrected chi connectivity index (χ1v) is 6.82. The molecule has 0 radical (unpaired) electrons. The fraction of sp³-hybridized carbons (Fsp3) is 0.357. The van der Waals surface area contributed by atoms with E-state index in [1.165, 1.54) is 16.1 Å². The minimum atomic E-state index is 0.831. The maximum absolute atomic E-state index is 4.69. The molecule has 1 aromatic heterocycles. The van der Waals surface area contributed by atoms with Crippen molar-refractivity contribution in [1.29, 1.82) is 0 Å². The third-order valence-electron chi connectivity index (χ3n) is 2.87. The number of hydrogen-bond acceptors (Lipinski definition) is 4. The van der Waals surface area contributed by atoms with Gasteiger partial charge in [-0.2, -0.15) is 0 Å². The highest BCUT2D eigenvalue weighted by Gasteiger charge is 2.08. The van der Waals surface area contributed by atoms with Crippen LogP contribution in [0.15, 0.2) is 24.3 Å². The van der Waals surface area contributed by atoms with Crippen LogP contribution in [0.25, 0.3) is 10.6 Å². The van der Waals surface area contributed by atoms with Crippen LogP contribution >= 0.6 is 11.3 Å². The Bertz CT molecular complexity index is 514. The maximum Gasteiger partial charge on any atom is 0.123 e. The average Bonchev–Trinajstić information content (AvgIpc) is 2.72. The van der Waals surface area contributed by atoms with Crippen LogP contribution in [0.3, 0.4) is 0 Å². The van der Waals surface area contributed by atoms with Gasteiger partial charge in [-0.15, -0.1) is 11.3 Å². The van der Waals surface area contributed by atoms with Crippen molar-refractivity contribution in [2.45, 2.75) is 13.5 Å². The molecule has 2 rings (SSSR count). The molecule has 0 saturated carbocycles. The molecule has 0 aliphatic heterocycles. The number of thiazole rings is 1. The number of nitrogens with zero attached hydrogens (tertiary/aromatic N) is 2. The van der Waals surface area contributed by atoms with Crippen LogP contribution in [0.1, 0.15) is 10.6 Å². The Kier molecular flexibility index (Phi) is 3.99. The van der Waals surface area contributed by atoms with Crippen LogP contribution in [0.4, 0.5) is 5.69 Å². The minimum Gasteiger partial charge on any atom is -0.378 e. The molecule has 0 atom stereocenters. The van der Waals surface area contributed by atoms with Gasteiger partial charge in [0.1, 0.15) is 5.01 Å². The number of aromatic nitrogens is 1. The van der Waals surface area contributed by atoms with Crippen molar-refractivity contribution >= 4 is 17.0 Å². The molecule has 1 heterocycles. The zero-order valence-electron chi connectivity index (χ0n) is 11.3. The number of hydrogen-bond donors (Lipinski definition) is 1. The van der Waals surface area contributed by atoms with Crippen molar-refractivity contribution in [2.75, 3.05) is 26.0 Å². The molecule has 0 aliphatic rings. The minimum absolute atomic E-state index is 0.831. The lowest BCUT2D eigenvalue weighted by molar-refractivity contribution is 0.793. The largest absolute Gasteiger partial charge is 0.378 e. The molecule has 0 aliphatic carbocycles. The van der Waals surface area contributed by atoms with Crippen molar-refractivity contribution < 1.29 is 0 Å². The molecule has 1 N–H and O–H groups in total. The number of anilines is 1. The quantitative estimate of drug-likeness (QED) is 0.917. The smallest absolute Gasteiger partial charge is 0.123 e. The fourth-order valence-electron chi connectivity index (χ4n) is 1.79. The van der Waals surface area contributed by atoms with E-state index in [-0.39, 0.29) is 0 Å². The molecule has 3 nitrogen and oxygen atoms in total. The van der Waals surface area contributed by atoms with Crippen LogP contribution in [0, 0.1) is 6.92 Å². The van der Waals surface area contributed by atoms with E-state index in [2.05, 4.69) is 46.4 Å². The summed E-state index contributed by atoms with van der Waals surface area (Å²) in [5, 5.41) is 4.25. The molecule has 0 fully saturated rings. The first kappa shape index (κ1) is 13.1. The average molecular weight is 261 g/mol. The third kappa shape index (κ3) is 2.71. The summed E-state index contributed by atoms with van der Waals surface area (Å²) in [5.74, 6) is 0. The first-order chi connectivity index (χ1) is 8.61. The van der Waals surface area contributed by atoms with Crippen LogP contribution in [-0.4, -0.2) is 26.1 Å². The van der Waals surface area contributed by atoms with E-state index in [0.717, 1.165) is 17.2 Å². The van der Waals surface area contributed by atoms with Crippen LogP contribution in [-0.2, 0) is 6.54 Å². The molecule has 0 amide bonds. The number of rotatable bonds is 4. The molecule has 0 bridgehead atoms. The maximum atomic E-state index is 4.69. The van der Waals surface area contributed by atoms with Crippen LogP contribution in [0.5, 0.6) is 0 Å². The van der Waals surface area contributed by atoms with E-state index in [1.54, 1.807) is 11.3 Å². The summed E-state index contributed by atoms with van der Waals surface area (Å²) in [5.41, 5.74) is 3.55. The topological polar surface area (TPSA) is 28.2 Å². The molecular formula is C14H19N3S. The zero-order valence-corrected chi connectivity index (χ0v) is 12.1. The van der Waals surface area contributed by atoms with Gasteiger partial charge in [0.05, 0.1) is 5.69 Å². The van der Waals surface area contributed by atoms with Crippen LogP contribution in [0.2, 0.25) is 0 Å². The predicted octanol–water partition coefficient (Wildman–Crippen LogP) is 2.90. The van der Waals surface area contributed by atoms with Gasteiger partial charge in [0.2, 0.25) is 0 Å². The van der Waals surface area contributed by atoms with Crippen molar-refractivity contribution in [2.24, 2.45) is 0 Å². The molecule has 0 unspecified atom stereocenters. The van der Waals surface area contributed by atoms with Crippen molar-refractivity contribution in [3.8, 4) is 10.6 Å². The van der Waals surface area contributed by atoms with Gasteiger partial charge in [0.15, 0.2) is 0 Å². The summed E-state index contributed by atoms with van der Waals surface area (Å²) >= 11 is 1.76.